The smallest absolute Gasteiger partial charge is 0.292 e. The summed E-state index contributed by atoms with van der Waals surface area (Å²) in [5.41, 5.74) is -0.491. The second kappa shape index (κ2) is 5.87. The van der Waals surface area contributed by atoms with Crippen molar-refractivity contribution in [3.05, 3.63) is 33.9 Å². The summed E-state index contributed by atoms with van der Waals surface area (Å²) in [5, 5.41) is 23.2. The Kier molecular flexibility index (Phi) is 4.67. The number of nitrogens with one attached hydrogen (secondary N) is 1. The molecule has 0 heterocycles. The average Bonchev–Trinajstić information content (AvgIpc) is 2.34. The Labute approximate surface area is 117 Å². The van der Waals surface area contributed by atoms with Crippen molar-refractivity contribution in [3.8, 4) is 0 Å². The van der Waals surface area contributed by atoms with E-state index in [1.165, 1.54) is 23.1 Å². The first-order valence-electron chi connectivity index (χ1n) is 6.10. The second-order valence-electron chi connectivity index (χ2n) is 5.21. The molecule has 0 bridgehead atoms. The first kappa shape index (κ1) is 15.9. The molecule has 1 amide bonds. The van der Waals surface area contributed by atoms with E-state index in [2.05, 4.69) is 5.32 Å². The summed E-state index contributed by atoms with van der Waals surface area (Å²) in [7, 11) is 3.12. The molecule has 0 aliphatic heterocycles. The van der Waals surface area contributed by atoms with Gasteiger partial charge in [-0.05, 0) is 26.0 Å². The van der Waals surface area contributed by atoms with Crippen molar-refractivity contribution in [3.63, 3.8) is 0 Å². The molecule has 1 rings (SSSR count). The maximum Gasteiger partial charge on any atom is 0.292 e. The minimum Gasteiger partial charge on any atom is -0.389 e. The molecule has 0 saturated carbocycles. The van der Waals surface area contributed by atoms with Gasteiger partial charge in [0.15, 0.2) is 0 Å². The minimum atomic E-state index is -1.00. The van der Waals surface area contributed by atoms with Crippen LogP contribution in [0.15, 0.2) is 18.2 Å². The number of amides is 1. The highest BCUT2D eigenvalue weighted by atomic mass is 16.6. The SMILES string of the molecule is CNc1cc(C(=O)N(C)CC(C)(C)O)ccc1[N+](=O)[O-]. The molecular formula is C13H19N3O4. The number of anilines is 1. The molecule has 7 heteroatoms. The van der Waals surface area contributed by atoms with Gasteiger partial charge in [-0.3, -0.25) is 14.9 Å². The highest BCUT2D eigenvalue weighted by Gasteiger charge is 2.22. The molecule has 7 nitrogen and oxygen atoms in total. The number of benzene rings is 1. The third-order valence-electron chi connectivity index (χ3n) is 2.68. The van der Waals surface area contributed by atoms with E-state index in [0.29, 0.717) is 5.56 Å². The zero-order chi connectivity index (χ0) is 15.5. The number of likely N-dealkylation sites (N-methyl/N-ethyl adjacent to an activating group) is 1. The summed E-state index contributed by atoms with van der Waals surface area (Å²) in [4.78, 5) is 23.9. The molecule has 0 unspecified atom stereocenters. The fourth-order valence-corrected chi connectivity index (χ4v) is 1.90. The van der Waals surface area contributed by atoms with Crippen LogP contribution in [-0.2, 0) is 0 Å². The van der Waals surface area contributed by atoms with Crippen molar-refractivity contribution >= 4 is 17.3 Å². The summed E-state index contributed by atoms with van der Waals surface area (Å²) in [5.74, 6) is -0.307. The van der Waals surface area contributed by atoms with Crippen molar-refractivity contribution in [1.82, 2.24) is 4.90 Å². The van der Waals surface area contributed by atoms with Gasteiger partial charge >= 0.3 is 0 Å². The molecule has 0 aliphatic carbocycles. The van der Waals surface area contributed by atoms with Gasteiger partial charge < -0.3 is 15.3 Å². The molecule has 1 aromatic rings. The minimum absolute atomic E-state index is 0.0887. The lowest BCUT2D eigenvalue weighted by Crippen LogP contribution is -2.39. The van der Waals surface area contributed by atoms with Crippen LogP contribution in [0.1, 0.15) is 24.2 Å². The first-order valence-corrected chi connectivity index (χ1v) is 6.10. The number of hydrogen-bond acceptors (Lipinski definition) is 5. The normalized spacial score (nSPS) is 11.1. The molecule has 20 heavy (non-hydrogen) atoms. The summed E-state index contributed by atoms with van der Waals surface area (Å²) >= 11 is 0. The van der Waals surface area contributed by atoms with Crippen LogP contribution in [0.25, 0.3) is 0 Å². The Hall–Kier alpha value is -2.15. The van der Waals surface area contributed by atoms with Gasteiger partial charge in [-0.25, -0.2) is 0 Å². The molecule has 0 aromatic heterocycles. The Balaban J connectivity index is 3.03. The molecule has 1 aromatic carbocycles. The number of carbonyl (C=O) groups is 1. The van der Waals surface area contributed by atoms with Gasteiger partial charge in [0, 0.05) is 32.3 Å². The first-order chi connectivity index (χ1) is 9.15. The van der Waals surface area contributed by atoms with Crippen LogP contribution >= 0.6 is 0 Å². The summed E-state index contributed by atoms with van der Waals surface area (Å²) in [6, 6.07) is 4.13. The van der Waals surface area contributed by atoms with Crippen LogP contribution in [-0.4, -0.2) is 47.1 Å². The lowest BCUT2D eigenvalue weighted by atomic mass is 10.1. The number of carbonyl (C=O) groups excluding carboxylic acids is 1. The molecular weight excluding hydrogens is 262 g/mol. The zero-order valence-corrected chi connectivity index (χ0v) is 12.0. The predicted molar refractivity (Wildman–Crippen MR) is 75.9 cm³/mol. The summed E-state index contributed by atoms with van der Waals surface area (Å²) in [6.45, 7) is 3.37. The fraction of sp³-hybridized carbons (Fsp3) is 0.462. The van der Waals surface area contributed by atoms with Gasteiger partial charge in [0.05, 0.1) is 10.5 Å². The Bertz CT molecular complexity index is 523. The Morgan fingerprint density at radius 1 is 1.50 bits per heavy atom. The zero-order valence-electron chi connectivity index (χ0n) is 12.0. The van der Waals surface area contributed by atoms with E-state index in [1.54, 1.807) is 27.9 Å². The third-order valence-corrected chi connectivity index (χ3v) is 2.68. The molecule has 0 aliphatic rings. The molecule has 0 radical (unpaired) electrons. The number of rotatable bonds is 5. The number of aliphatic hydroxyl groups is 1. The summed E-state index contributed by atoms with van der Waals surface area (Å²) < 4.78 is 0. The Morgan fingerprint density at radius 3 is 2.55 bits per heavy atom. The molecule has 0 atom stereocenters. The van der Waals surface area contributed by atoms with Crippen LogP contribution in [0, 0.1) is 10.1 Å². The molecule has 0 saturated heterocycles. The van der Waals surface area contributed by atoms with Crippen molar-refractivity contribution in [2.24, 2.45) is 0 Å². The van der Waals surface area contributed by atoms with E-state index in [1.807, 2.05) is 0 Å². The lowest BCUT2D eigenvalue weighted by molar-refractivity contribution is -0.383. The van der Waals surface area contributed by atoms with E-state index in [4.69, 9.17) is 0 Å². The van der Waals surface area contributed by atoms with E-state index in [-0.39, 0.29) is 23.8 Å². The van der Waals surface area contributed by atoms with E-state index in [0.717, 1.165) is 0 Å². The number of nitro benzene ring substituents is 1. The van der Waals surface area contributed by atoms with Crippen molar-refractivity contribution in [2.75, 3.05) is 26.0 Å². The highest BCUT2D eigenvalue weighted by molar-refractivity contribution is 5.95. The monoisotopic (exact) mass is 281 g/mol. The van der Waals surface area contributed by atoms with Crippen LogP contribution in [0.3, 0.4) is 0 Å². The molecule has 0 fully saturated rings. The second-order valence-corrected chi connectivity index (χ2v) is 5.21. The standard InChI is InChI=1S/C13H19N3O4/c1-13(2,18)8-15(4)12(17)9-5-6-11(16(19)20)10(7-9)14-3/h5-7,14,18H,8H2,1-4H3. The van der Waals surface area contributed by atoms with Crippen LogP contribution < -0.4 is 5.32 Å². The van der Waals surface area contributed by atoms with Gasteiger partial charge in [-0.1, -0.05) is 0 Å². The van der Waals surface area contributed by atoms with Crippen molar-refractivity contribution in [1.29, 1.82) is 0 Å². The fourth-order valence-electron chi connectivity index (χ4n) is 1.90. The van der Waals surface area contributed by atoms with E-state index >= 15 is 0 Å². The van der Waals surface area contributed by atoms with Crippen LogP contribution in [0.5, 0.6) is 0 Å². The summed E-state index contributed by atoms with van der Waals surface area (Å²) in [6.07, 6.45) is 0. The van der Waals surface area contributed by atoms with Gasteiger partial charge in [0.25, 0.3) is 11.6 Å². The highest BCUT2D eigenvalue weighted by Crippen LogP contribution is 2.25. The quantitative estimate of drug-likeness (QED) is 0.629. The lowest BCUT2D eigenvalue weighted by Gasteiger charge is -2.25. The van der Waals surface area contributed by atoms with Gasteiger partial charge in [0.1, 0.15) is 5.69 Å². The van der Waals surface area contributed by atoms with Gasteiger partial charge in [-0.2, -0.15) is 0 Å². The van der Waals surface area contributed by atoms with E-state index < -0.39 is 10.5 Å². The maximum atomic E-state index is 12.2. The third kappa shape index (κ3) is 3.92. The molecule has 2 N–H and O–H groups in total. The topological polar surface area (TPSA) is 95.7 Å². The largest absolute Gasteiger partial charge is 0.389 e. The van der Waals surface area contributed by atoms with Crippen molar-refractivity contribution < 1.29 is 14.8 Å². The average molecular weight is 281 g/mol. The van der Waals surface area contributed by atoms with Crippen LogP contribution in [0.2, 0.25) is 0 Å². The van der Waals surface area contributed by atoms with E-state index in [9.17, 15) is 20.0 Å². The number of nitrogens with zero attached hydrogens (tertiary/aromatic N) is 2. The Morgan fingerprint density at radius 2 is 2.10 bits per heavy atom. The molecule has 0 spiro atoms. The number of nitro groups is 1. The predicted octanol–water partition coefficient (Wildman–Crippen LogP) is 1.48. The van der Waals surface area contributed by atoms with Crippen molar-refractivity contribution in [2.45, 2.75) is 19.4 Å². The maximum absolute atomic E-state index is 12.2. The van der Waals surface area contributed by atoms with Gasteiger partial charge in [-0.15, -0.1) is 0 Å². The number of hydrogen-bond donors (Lipinski definition) is 2. The van der Waals surface area contributed by atoms with Gasteiger partial charge in [0.2, 0.25) is 0 Å². The van der Waals surface area contributed by atoms with Crippen LogP contribution in [0.4, 0.5) is 11.4 Å². The molecule has 110 valence electrons.